The molecule has 21 heavy (non-hydrogen) atoms. The van der Waals surface area contributed by atoms with E-state index < -0.39 is 0 Å². The van der Waals surface area contributed by atoms with Crippen molar-refractivity contribution in [2.75, 3.05) is 31.6 Å². The Morgan fingerprint density at radius 2 is 2.43 bits per heavy atom. The fourth-order valence-corrected chi connectivity index (χ4v) is 2.43. The third kappa shape index (κ3) is 2.56. The summed E-state index contributed by atoms with van der Waals surface area (Å²) in [5.74, 6) is 1.77. The van der Waals surface area contributed by atoms with Crippen LogP contribution in [0.5, 0.6) is 0 Å². The van der Waals surface area contributed by atoms with Gasteiger partial charge >= 0.3 is 0 Å². The molecule has 0 aromatic carbocycles. The molecule has 0 saturated carbocycles. The average molecular weight is 283 g/mol. The minimum Gasteiger partial charge on any atom is -0.492 e. The minimum atomic E-state index is 0.405. The van der Waals surface area contributed by atoms with Gasteiger partial charge in [0.05, 0.1) is 17.3 Å². The van der Waals surface area contributed by atoms with Gasteiger partial charge in [-0.25, -0.2) is 4.98 Å². The molecule has 6 nitrogen and oxygen atoms in total. The standard InChI is InChI=1S/C15H17N5O/c1-2-17-5-6-21-13-3-4-18-15-14(13)11-7-10(8-16)19-9-12(11)20-15/h3,7,9,17-18,20H,2,4-6H2,1H3. The molecule has 1 aliphatic rings. The van der Waals surface area contributed by atoms with Gasteiger partial charge in [-0.15, -0.1) is 0 Å². The Kier molecular flexibility index (Phi) is 3.75. The van der Waals surface area contributed by atoms with Crippen LogP contribution in [0.15, 0.2) is 18.3 Å². The molecule has 2 aromatic heterocycles. The van der Waals surface area contributed by atoms with Crippen LogP contribution < -0.4 is 10.6 Å². The van der Waals surface area contributed by atoms with Crippen molar-refractivity contribution in [2.45, 2.75) is 6.92 Å². The van der Waals surface area contributed by atoms with Gasteiger partial charge < -0.3 is 20.4 Å². The van der Waals surface area contributed by atoms with Crippen molar-refractivity contribution in [3.05, 3.63) is 29.6 Å². The highest BCUT2D eigenvalue weighted by atomic mass is 16.5. The monoisotopic (exact) mass is 283 g/mol. The van der Waals surface area contributed by atoms with Crippen LogP contribution in [0.2, 0.25) is 0 Å². The molecule has 6 heteroatoms. The van der Waals surface area contributed by atoms with Crippen LogP contribution in [0.1, 0.15) is 18.2 Å². The van der Waals surface area contributed by atoms with Crippen molar-refractivity contribution in [2.24, 2.45) is 0 Å². The zero-order chi connectivity index (χ0) is 14.7. The summed E-state index contributed by atoms with van der Waals surface area (Å²) < 4.78 is 5.89. The molecule has 108 valence electrons. The van der Waals surface area contributed by atoms with Crippen LogP contribution in [-0.4, -0.2) is 36.2 Å². The molecule has 0 aliphatic carbocycles. The molecular formula is C15H17N5O. The molecular weight excluding hydrogens is 266 g/mol. The molecule has 0 unspecified atom stereocenters. The summed E-state index contributed by atoms with van der Waals surface area (Å²) in [6.07, 6.45) is 3.71. The second kappa shape index (κ2) is 5.85. The summed E-state index contributed by atoms with van der Waals surface area (Å²) in [5, 5.41) is 16.5. The number of anilines is 1. The number of aromatic amines is 1. The molecule has 1 aliphatic heterocycles. The van der Waals surface area contributed by atoms with Crippen LogP contribution in [0.25, 0.3) is 16.7 Å². The maximum absolute atomic E-state index is 9.01. The van der Waals surface area contributed by atoms with Crippen molar-refractivity contribution < 1.29 is 4.74 Å². The van der Waals surface area contributed by atoms with Gasteiger partial charge in [-0.3, -0.25) is 0 Å². The van der Waals surface area contributed by atoms with Gasteiger partial charge in [-0.05, 0) is 18.7 Å². The topological polar surface area (TPSA) is 85.8 Å². The van der Waals surface area contributed by atoms with Crippen molar-refractivity contribution >= 4 is 22.5 Å². The zero-order valence-corrected chi connectivity index (χ0v) is 11.9. The zero-order valence-electron chi connectivity index (χ0n) is 11.9. The molecule has 2 aromatic rings. The normalized spacial score (nSPS) is 13.2. The number of nitriles is 1. The Balaban J connectivity index is 1.93. The molecule has 0 atom stereocenters. The molecule has 3 N–H and O–H groups in total. The predicted molar refractivity (Wildman–Crippen MR) is 81.8 cm³/mol. The van der Waals surface area contributed by atoms with E-state index in [1.54, 1.807) is 12.3 Å². The van der Waals surface area contributed by atoms with Crippen molar-refractivity contribution in [1.82, 2.24) is 15.3 Å². The number of fused-ring (bicyclic) bond motifs is 3. The number of pyridine rings is 1. The van der Waals surface area contributed by atoms with Crippen LogP contribution in [0.3, 0.4) is 0 Å². The maximum atomic E-state index is 9.01. The van der Waals surface area contributed by atoms with Gasteiger partial charge in [0, 0.05) is 18.5 Å². The Hall–Kier alpha value is -2.52. The average Bonchev–Trinajstić information content (AvgIpc) is 2.89. The van der Waals surface area contributed by atoms with Gasteiger partial charge in [0.2, 0.25) is 0 Å². The SMILES string of the molecule is CCNCCOC1=CCNc2[nH]c3cnc(C#N)cc3c21. The van der Waals surface area contributed by atoms with Crippen molar-refractivity contribution in [1.29, 1.82) is 5.26 Å². The van der Waals surface area contributed by atoms with E-state index in [4.69, 9.17) is 10.00 Å². The highest BCUT2D eigenvalue weighted by molar-refractivity contribution is 5.98. The highest BCUT2D eigenvalue weighted by Crippen LogP contribution is 2.35. The van der Waals surface area contributed by atoms with E-state index in [0.717, 1.165) is 47.7 Å². The van der Waals surface area contributed by atoms with E-state index in [2.05, 4.69) is 33.6 Å². The lowest BCUT2D eigenvalue weighted by molar-refractivity contribution is 0.276. The number of rotatable bonds is 5. The lowest BCUT2D eigenvalue weighted by atomic mass is 10.1. The van der Waals surface area contributed by atoms with E-state index in [1.165, 1.54) is 0 Å². The number of aromatic nitrogens is 2. The fourth-order valence-electron chi connectivity index (χ4n) is 2.43. The number of nitrogens with one attached hydrogen (secondary N) is 3. The largest absolute Gasteiger partial charge is 0.492 e. The Labute approximate surface area is 122 Å². The van der Waals surface area contributed by atoms with E-state index in [-0.39, 0.29) is 0 Å². The summed E-state index contributed by atoms with van der Waals surface area (Å²) in [6, 6.07) is 3.87. The molecule has 0 saturated heterocycles. The smallest absolute Gasteiger partial charge is 0.141 e. The van der Waals surface area contributed by atoms with Crippen molar-refractivity contribution in [3.8, 4) is 6.07 Å². The number of ether oxygens (including phenoxy) is 1. The van der Waals surface area contributed by atoms with Gasteiger partial charge in [0.1, 0.15) is 29.9 Å². The summed E-state index contributed by atoms with van der Waals surface area (Å²) in [7, 11) is 0. The van der Waals surface area contributed by atoms with Crippen LogP contribution in [0.4, 0.5) is 5.82 Å². The third-order valence-corrected chi connectivity index (χ3v) is 3.40. The maximum Gasteiger partial charge on any atom is 0.141 e. The summed E-state index contributed by atoms with van der Waals surface area (Å²) in [5.41, 5.74) is 2.28. The molecule has 0 radical (unpaired) electrons. The lowest BCUT2D eigenvalue weighted by Gasteiger charge is -2.17. The number of hydrogen-bond acceptors (Lipinski definition) is 5. The Morgan fingerprint density at radius 1 is 1.52 bits per heavy atom. The number of likely N-dealkylation sites (N-methyl/N-ethyl adjacent to an activating group) is 1. The molecule has 0 amide bonds. The Bertz CT molecular complexity index is 725. The highest BCUT2D eigenvalue weighted by Gasteiger charge is 2.20. The number of hydrogen-bond donors (Lipinski definition) is 3. The van der Waals surface area contributed by atoms with E-state index in [1.807, 2.05) is 6.08 Å². The molecule has 0 bridgehead atoms. The first-order valence-corrected chi connectivity index (χ1v) is 7.03. The first-order valence-electron chi connectivity index (χ1n) is 7.03. The van der Waals surface area contributed by atoms with Gasteiger partial charge in [0.25, 0.3) is 0 Å². The number of H-pyrrole nitrogens is 1. The van der Waals surface area contributed by atoms with Crippen LogP contribution >= 0.6 is 0 Å². The predicted octanol–water partition coefficient (Wildman–Crippen LogP) is 1.83. The molecule has 3 rings (SSSR count). The third-order valence-electron chi connectivity index (χ3n) is 3.40. The van der Waals surface area contributed by atoms with Crippen LogP contribution in [-0.2, 0) is 4.74 Å². The second-order valence-corrected chi connectivity index (χ2v) is 4.75. The van der Waals surface area contributed by atoms with E-state index >= 15 is 0 Å². The van der Waals surface area contributed by atoms with Crippen molar-refractivity contribution in [3.63, 3.8) is 0 Å². The summed E-state index contributed by atoms with van der Waals surface area (Å²) >= 11 is 0. The van der Waals surface area contributed by atoms with E-state index in [9.17, 15) is 0 Å². The van der Waals surface area contributed by atoms with Gasteiger partial charge in [0.15, 0.2) is 0 Å². The molecule has 0 spiro atoms. The molecule has 3 heterocycles. The Morgan fingerprint density at radius 3 is 3.24 bits per heavy atom. The summed E-state index contributed by atoms with van der Waals surface area (Å²) in [4.78, 5) is 7.37. The van der Waals surface area contributed by atoms with Gasteiger partial charge in [-0.2, -0.15) is 5.26 Å². The lowest BCUT2D eigenvalue weighted by Crippen LogP contribution is -2.19. The second-order valence-electron chi connectivity index (χ2n) is 4.75. The molecule has 0 fully saturated rings. The summed E-state index contributed by atoms with van der Waals surface area (Å²) in [6.45, 7) is 5.14. The first-order chi connectivity index (χ1) is 10.3. The fraction of sp³-hybridized carbons (Fsp3) is 0.333. The van der Waals surface area contributed by atoms with E-state index in [0.29, 0.717) is 12.3 Å². The first kappa shape index (κ1) is 13.5. The minimum absolute atomic E-state index is 0.405. The quantitative estimate of drug-likeness (QED) is 0.729. The number of nitrogens with zero attached hydrogens (tertiary/aromatic N) is 2. The van der Waals surface area contributed by atoms with Gasteiger partial charge in [-0.1, -0.05) is 6.92 Å². The van der Waals surface area contributed by atoms with Crippen LogP contribution in [0, 0.1) is 11.3 Å².